The number of carbonyl (C=O) groups is 2. The molecule has 0 radical (unpaired) electrons. The maximum Gasteiger partial charge on any atom is 0.315 e. The van der Waals surface area contributed by atoms with Crippen molar-refractivity contribution in [2.75, 3.05) is 13.7 Å². The Hall–Kier alpha value is -1.91. The van der Waals surface area contributed by atoms with Crippen molar-refractivity contribution in [3.8, 4) is 0 Å². The van der Waals surface area contributed by atoms with Crippen LogP contribution in [0, 0.1) is 0 Å². The fraction of sp³-hybridized carbons (Fsp3) is 0.462. The number of nitrogens with zero attached hydrogens (tertiary/aromatic N) is 1. The molecule has 1 aromatic heterocycles. The van der Waals surface area contributed by atoms with Gasteiger partial charge in [-0.25, -0.2) is 0 Å². The van der Waals surface area contributed by atoms with Crippen molar-refractivity contribution in [1.82, 2.24) is 10.3 Å². The average Bonchev–Trinajstić information content (AvgIpc) is 2.37. The normalized spacial score (nSPS) is 10.8. The van der Waals surface area contributed by atoms with Gasteiger partial charge in [0.05, 0.1) is 7.11 Å². The minimum Gasteiger partial charge on any atom is -0.469 e. The molecule has 0 saturated heterocycles. The van der Waals surface area contributed by atoms with Gasteiger partial charge < -0.3 is 10.1 Å². The molecule has 0 aliphatic carbocycles. The van der Waals surface area contributed by atoms with Gasteiger partial charge in [0, 0.05) is 24.4 Å². The first-order chi connectivity index (χ1) is 8.45. The fourth-order valence-corrected chi connectivity index (χ4v) is 1.45. The lowest BCUT2D eigenvalue weighted by Crippen LogP contribution is -2.37. The summed E-state index contributed by atoms with van der Waals surface area (Å²) in [5, 5.41) is 2.72. The van der Waals surface area contributed by atoms with Crippen LogP contribution in [0.3, 0.4) is 0 Å². The van der Waals surface area contributed by atoms with E-state index in [1.165, 1.54) is 7.11 Å². The molecule has 98 valence electrons. The van der Waals surface area contributed by atoms with E-state index in [1.807, 2.05) is 26.0 Å². The van der Waals surface area contributed by atoms with Crippen molar-refractivity contribution in [2.45, 2.75) is 25.7 Å². The molecule has 1 heterocycles. The van der Waals surface area contributed by atoms with E-state index in [4.69, 9.17) is 0 Å². The molecule has 0 saturated carbocycles. The van der Waals surface area contributed by atoms with Gasteiger partial charge in [-0.1, -0.05) is 19.9 Å². The molecule has 1 N–H and O–H groups in total. The number of hydrogen-bond donors (Lipinski definition) is 1. The molecule has 0 unspecified atom stereocenters. The van der Waals surface area contributed by atoms with Gasteiger partial charge >= 0.3 is 5.97 Å². The van der Waals surface area contributed by atoms with Crippen LogP contribution >= 0.6 is 0 Å². The van der Waals surface area contributed by atoms with Crippen molar-refractivity contribution in [3.05, 3.63) is 30.1 Å². The zero-order valence-corrected chi connectivity index (χ0v) is 10.9. The van der Waals surface area contributed by atoms with E-state index in [2.05, 4.69) is 15.0 Å². The van der Waals surface area contributed by atoms with Crippen molar-refractivity contribution in [1.29, 1.82) is 0 Å². The van der Waals surface area contributed by atoms with Gasteiger partial charge in [-0.3, -0.25) is 14.6 Å². The first kappa shape index (κ1) is 14.2. The third kappa shape index (κ3) is 4.16. The van der Waals surface area contributed by atoms with Gasteiger partial charge in [0.25, 0.3) is 0 Å². The molecular formula is C13H18N2O3. The van der Waals surface area contributed by atoms with Gasteiger partial charge in [0.1, 0.15) is 6.42 Å². The van der Waals surface area contributed by atoms with E-state index in [-0.39, 0.29) is 17.7 Å². The number of nitrogens with one attached hydrogen (secondary N) is 1. The molecule has 5 nitrogen and oxygen atoms in total. The minimum absolute atomic E-state index is 0.236. The lowest BCUT2D eigenvalue weighted by molar-refractivity contribution is -0.143. The number of pyridine rings is 1. The zero-order chi connectivity index (χ0) is 13.6. The monoisotopic (exact) mass is 250 g/mol. The molecule has 1 aromatic rings. The summed E-state index contributed by atoms with van der Waals surface area (Å²) in [5.74, 6) is -0.870. The van der Waals surface area contributed by atoms with E-state index in [0.717, 1.165) is 5.56 Å². The Morgan fingerprint density at radius 3 is 2.72 bits per heavy atom. The Kier molecular flexibility index (Phi) is 4.83. The first-order valence-electron chi connectivity index (χ1n) is 5.70. The molecule has 1 amide bonds. The summed E-state index contributed by atoms with van der Waals surface area (Å²) in [6, 6.07) is 3.81. The van der Waals surface area contributed by atoms with Crippen LogP contribution < -0.4 is 5.32 Å². The molecule has 0 aromatic carbocycles. The highest BCUT2D eigenvalue weighted by Gasteiger charge is 2.22. The third-order valence-corrected chi connectivity index (χ3v) is 2.70. The quantitative estimate of drug-likeness (QED) is 0.626. The predicted molar refractivity (Wildman–Crippen MR) is 66.9 cm³/mol. The number of aromatic nitrogens is 1. The van der Waals surface area contributed by atoms with E-state index in [1.54, 1.807) is 12.4 Å². The highest BCUT2D eigenvalue weighted by atomic mass is 16.5. The van der Waals surface area contributed by atoms with Gasteiger partial charge in [-0.2, -0.15) is 0 Å². The number of amides is 1. The van der Waals surface area contributed by atoms with Gasteiger partial charge in [-0.15, -0.1) is 0 Å². The van der Waals surface area contributed by atoms with Crippen LogP contribution in [0.4, 0.5) is 0 Å². The summed E-state index contributed by atoms with van der Waals surface area (Å²) in [4.78, 5) is 26.4. The Morgan fingerprint density at radius 1 is 1.44 bits per heavy atom. The number of hydrogen-bond acceptors (Lipinski definition) is 4. The maximum absolute atomic E-state index is 11.5. The van der Waals surface area contributed by atoms with Gasteiger partial charge in [0.15, 0.2) is 0 Å². The van der Waals surface area contributed by atoms with Crippen LogP contribution in [0.5, 0.6) is 0 Å². The summed E-state index contributed by atoms with van der Waals surface area (Å²) in [7, 11) is 1.26. The molecule has 0 atom stereocenters. The second kappa shape index (κ2) is 6.14. The zero-order valence-electron chi connectivity index (χ0n) is 10.9. The Balaban J connectivity index is 2.52. The second-order valence-electron chi connectivity index (χ2n) is 4.66. The standard InChI is InChI=1S/C13H18N2O3/c1-13(2,10-5-4-6-14-8-10)9-15-11(16)7-12(17)18-3/h4-6,8H,7,9H2,1-3H3,(H,15,16). The molecule has 5 heteroatoms. The molecule has 0 bridgehead atoms. The number of methoxy groups -OCH3 is 1. The topological polar surface area (TPSA) is 68.3 Å². The predicted octanol–water partition coefficient (Wildman–Crippen LogP) is 1.04. The van der Waals surface area contributed by atoms with Crippen LogP contribution in [0.15, 0.2) is 24.5 Å². The molecule has 0 fully saturated rings. The summed E-state index contributed by atoms with van der Waals surface area (Å²) < 4.78 is 4.43. The highest BCUT2D eigenvalue weighted by molar-refractivity contribution is 5.94. The van der Waals surface area contributed by atoms with Crippen LogP contribution in [-0.4, -0.2) is 30.5 Å². The van der Waals surface area contributed by atoms with Gasteiger partial charge in [0.2, 0.25) is 5.91 Å². The lowest BCUT2D eigenvalue weighted by Gasteiger charge is -2.25. The number of esters is 1. The fourth-order valence-electron chi connectivity index (χ4n) is 1.45. The molecular weight excluding hydrogens is 232 g/mol. The van der Waals surface area contributed by atoms with Crippen molar-refractivity contribution in [2.24, 2.45) is 0 Å². The Morgan fingerprint density at radius 2 is 2.17 bits per heavy atom. The summed E-state index contributed by atoms with van der Waals surface area (Å²) in [6.45, 7) is 4.44. The molecule has 0 aliphatic heterocycles. The van der Waals surface area contributed by atoms with Crippen molar-refractivity contribution < 1.29 is 14.3 Å². The lowest BCUT2D eigenvalue weighted by atomic mass is 9.85. The highest BCUT2D eigenvalue weighted by Crippen LogP contribution is 2.20. The van der Waals surface area contributed by atoms with E-state index < -0.39 is 5.97 Å². The summed E-state index contributed by atoms with van der Waals surface area (Å²) >= 11 is 0. The van der Waals surface area contributed by atoms with Crippen LogP contribution in [0.25, 0.3) is 0 Å². The van der Waals surface area contributed by atoms with E-state index >= 15 is 0 Å². The van der Waals surface area contributed by atoms with Crippen LogP contribution in [0.1, 0.15) is 25.8 Å². The van der Waals surface area contributed by atoms with Crippen LogP contribution in [0.2, 0.25) is 0 Å². The SMILES string of the molecule is COC(=O)CC(=O)NCC(C)(C)c1cccnc1. The number of ether oxygens (including phenoxy) is 1. The first-order valence-corrected chi connectivity index (χ1v) is 5.70. The minimum atomic E-state index is -0.535. The Labute approximate surface area is 107 Å². The summed E-state index contributed by atoms with van der Waals surface area (Å²) in [5.41, 5.74) is 0.795. The molecule has 18 heavy (non-hydrogen) atoms. The third-order valence-electron chi connectivity index (χ3n) is 2.70. The molecule has 0 spiro atoms. The molecule has 1 rings (SSSR count). The number of carbonyl (C=O) groups excluding carboxylic acids is 2. The van der Waals surface area contributed by atoms with E-state index in [0.29, 0.717) is 6.54 Å². The van der Waals surface area contributed by atoms with E-state index in [9.17, 15) is 9.59 Å². The molecule has 0 aliphatic rings. The smallest absolute Gasteiger partial charge is 0.315 e. The maximum atomic E-state index is 11.5. The van der Waals surface area contributed by atoms with Crippen molar-refractivity contribution in [3.63, 3.8) is 0 Å². The average molecular weight is 250 g/mol. The summed E-state index contributed by atoms with van der Waals surface area (Å²) in [6.07, 6.45) is 3.22. The van der Waals surface area contributed by atoms with Gasteiger partial charge in [-0.05, 0) is 11.6 Å². The largest absolute Gasteiger partial charge is 0.469 e. The van der Waals surface area contributed by atoms with Crippen molar-refractivity contribution >= 4 is 11.9 Å². The second-order valence-corrected chi connectivity index (χ2v) is 4.66. The Bertz CT molecular complexity index is 416. The number of rotatable bonds is 5. The van der Waals surface area contributed by atoms with Crippen LogP contribution in [-0.2, 0) is 19.7 Å².